The zero-order valence-electron chi connectivity index (χ0n) is 10.0. The van der Waals surface area contributed by atoms with E-state index < -0.39 is 23.6 Å². The van der Waals surface area contributed by atoms with Gasteiger partial charge in [-0.05, 0) is 13.0 Å². The van der Waals surface area contributed by atoms with E-state index in [2.05, 4.69) is 0 Å². The largest absolute Gasteiger partial charge is 0.454 e. The number of hydrogen-bond acceptors (Lipinski definition) is 2. The second-order valence-corrected chi connectivity index (χ2v) is 4.04. The number of hydrogen-bond donors (Lipinski definition) is 1. The molecule has 0 aromatic heterocycles. The van der Waals surface area contributed by atoms with E-state index in [1.165, 1.54) is 19.1 Å². The summed E-state index contributed by atoms with van der Waals surface area (Å²) >= 11 is 0. The lowest BCUT2D eigenvalue weighted by molar-refractivity contribution is 0.194. The molecule has 100 valence electrons. The fraction of sp³-hybridized carbons (Fsp3) is 0.143. The quantitative estimate of drug-likeness (QED) is 0.913. The van der Waals surface area contributed by atoms with Crippen LogP contribution in [0.3, 0.4) is 0 Å². The van der Waals surface area contributed by atoms with Gasteiger partial charge in [0.15, 0.2) is 11.6 Å². The Bertz CT molecular complexity index is 577. The zero-order chi connectivity index (χ0) is 14.0. The van der Waals surface area contributed by atoms with Crippen molar-refractivity contribution in [2.45, 2.75) is 13.0 Å². The molecule has 0 radical (unpaired) electrons. The van der Waals surface area contributed by atoms with Crippen LogP contribution in [-0.2, 0) is 0 Å². The fourth-order valence-corrected chi connectivity index (χ4v) is 1.67. The van der Waals surface area contributed by atoms with Crippen LogP contribution in [0.4, 0.5) is 13.2 Å². The Morgan fingerprint density at radius 3 is 2.26 bits per heavy atom. The molecule has 0 spiro atoms. The van der Waals surface area contributed by atoms with Gasteiger partial charge in [0, 0.05) is 23.8 Å². The normalized spacial score (nSPS) is 12.3. The van der Waals surface area contributed by atoms with Crippen molar-refractivity contribution in [2.75, 3.05) is 0 Å². The molecule has 0 amide bonds. The average Bonchev–Trinajstić information content (AvgIpc) is 2.30. The lowest BCUT2D eigenvalue weighted by Gasteiger charge is -2.14. The molecule has 0 aliphatic heterocycles. The lowest BCUT2D eigenvalue weighted by atomic mass is 10.1. The molecule has 1 atom stereocenters. The molecule has 1 unspecified atom stereocenters. The smallest absolute Gasteiger partial charge is 0.168 e. The molecule has 0 saturated carbocycles. The predicted octanol–water partition coefficient (Wildman–Crippen LogP) is 3.95. The number of halogens is 3. The maximum Gasteiger partial charge on any atom is 0.168 e. The van der Waals surface area contributed by atoms with Crippen molar-refractivity contribution in [3.05, 3.63) is 59.4 Å². The molecule has 2 aromatic rings. The number of aliphatic hydroxyl groups excluding tert-OH is 1. The Balaban J connectivity index is 2.42. The van der Waals surface area contributed by atoms with Crippen molar-refractivity contribution in [1.82, 2.24) is 0 Å². The maximum atomic E-state index is 13.7. The Labute approximate surface area is 108 Å². The molecular weight excluding hydrogens is 257 g/mol. The Kier molecular flexibility index (Phi) is 3.76. The van der Waals surface area contributed by atoms with E-state index in [1.807, 2.05) is 0 Å². The Morgan fingerprint density at radius 2 is 1.68 bits per heavy atom. The van der Waals surface area contributed by atoms with Crippen LogP contribution < -0.4 is 4.74 Å². The third-order valence-electron chi connectivity index (χ3n) is 2.50. The molecule has 1 N–H and O–H groups in total. The van der Waals surface area contributed by atoms with Crippen LogP contribution in [0.25, 0.3) is 0 Å². The van der Waals surface area contributed by atoms with Crippen LogP contribution in [-0.4, -0.2) is 5.11 Å². The number of ether oxygens (including phenoxy) is 1. The van der Waals surface area contributed by atoms with Crippen molar-refractivity contribution in [3.8, 4) is 11.5 Å². The highest BCUT2D eigenvalue weighted by Gasteiger charge is 2.15. The minimum absolute atomic E-state index is 0.176. The molecule has 19 heavy (non-hydrogen) atoms. The minimum Gasteiger partial charge on any atom is -0.454 e. The van der Waals surface area contributed by atoms with Gasteiger partial charge in [0.25, 0.3) is 0 Å². The van der Waals surface area contributed by atoms with Crippen LogP contribution in [0.2, 0.25) is 0 Å². The topological polar surface area (TPSA) is 29.5 Å². The highest BCUT2D eigenvalue weighted by Crippen LogP contribution is 2.32. The van der Waals surface area contributed by atoms with E-state index in [1.54, 1.807) is 0 Å². The summed E-state index contributed by atoms with van der Waals surface area (Å²) in [4.78, 5) is 0. The van der Waals surface area contributed by atoms with Gasteiger partial charge >= 0.3 is 0 Å². The van der Waals surface area contributed by atoms with Gasteiger partial charge in [0.1, 0.15) is 17.4 Å². The van der Waals surface area contributed by atoms with Crippen LogP contribution >= 0.6 is 0 Å². The molecule has 0 bridgehead atoms. The molecular formula is C14H11F3O2. The van der Waals surface area contributed by atoms with Gasteiger partial charge in [-0.15, -0.1) is 0 Å². The third-order valence-corrected chi connectivity index (χ3v) is 2.50. The number of rotatable bonds is 3. The van der Waals surface area contributed by atoms with E-state index in [4.69, 9.17) is 4.74 Å². The van der Waals surface area contributed by atoms with Gasteiger partial charge in [-0.1, -0.05) is 12.1 Å². The van der Waals surface area contributed by atoms with Gasteiger partial charge in [-0.25, -0.2) is 13.2 Å². The maximum absolute atomic E-state index is 13.7. The third kappa shape index (κ3) is 3.06. The molecule has 2 rings (SSSR count). The summed E-state index contributed by atoms with van der Waals surface area (Å²) in [5, 5.41) is 9.52. The van der Waals surface area contributed by atoms with Gasteiger partial charge in [0.05, 0.1) is 6.10 Å². The Morgan fingerprint density at radius 1 is 1.05 bits per heavy atom. The molecule has 0 aliphatic carbocycles. The number of para-hydroxylation sites is 1. The summed E-state index contributed by atoms with van der Waals surface area (Å²) in [6.45, 7) is 1.44. The molecule has 0 saturated heterocycles. The van der Waals surface area contributed by atoms with E-state index in [0.717, 1.165) is 18.2 Å². The van der Waals surface area contributed by atoms with Crippen molar-refractivity contribution in [2.24, 2.45) is 0 Å². The standard InChI is InChI=1S/C14H11F3O2/c1-8(18)12-3-2-4-13(17)14(12)19-11-6-9(15)5-10(16)7-11/h2-8,18H,1H3. The molecule has 0 fully saturated rings. The summed E-state index contributed by atoms with van der Waals surface area (Å²) in [7, 11) is 0. The van der Waals surface area contributed by atoms with E-state index >= 15 is 0 Å². The second-order valence-electron chi connectivity index (χ2n) is 4.04. The summed E-state index contributed by atoms with van der Waals surface area (Å²) in [6, 6.07) is 6.57. The fourth-order valence-electron chi connectivity index (χ4n) is 1.67. The molecule has 5 heteroatoms. The van der Waals surface area contributed by atoms with Gasteiger partial charge in [-0.3, -0.25) is 0 Å². The van der Waals surface area contributed by atoms with E-state index in [-0.39, 0.29) is 17.1 Å². The van der Waals surface area contributed by atoms with Crippen molar-refractivity contribution in [3.63, 3.8) is 0 Å². The molecule has 0 heterocycles. The zero-order valence-corrected chi connectivity index (χ0v) is 10.0. The molecule has 2 nitrogen and oxygen atoms in total. The van der Waals surface area contributed by atoms with Crippen LogP contribution in [0.1, 0.15) is 18.6 Å². The van der Waals surface area contributed by atoms with Crippen LogP contribution in [0.5, 0.6) is 11.5 Å². The minimum atomic E-state index is -0.968. The van der Waals surface area contributed by atoms with Gasteiger partial charge < -0.3 is 9.84 Å². The number of benzene rings is 2. The first kappa shape index (κ1) is 13.4. The summed E-state index contributed by atoms with van der Waals surface area (Å²) in [5.74, 6) is -2.80. The van der Waals surface area contributed by atoms with Crippen LogP contribution in [0, 0.1) is 17.5 Å². The molecule has 0 aliphatic rings. The lowest BCUT2D eigenvalue weighted by Crippen LogP contribution is -1.99. The van der Waals surface area contributed by atoms with E-state index in [9.17, 15) is 18.3 Å². The Hall–Kier alpha value is -2.01. The average molecular weight is 268 g/mol. The SMILES string of the molecule is CC(O)c1cccc(F)c1Oc1cc(F)cc(F)c1. The second kappa shape index (κ2) is 5.32. The summed E-state index contributed by atoms with van der Waals surface area (Å²) in [5.41, 5.74) is 0.199. The first-order valence-electron chi connectivity index (χ1n) is 5.58. The highest BCUT2D eigenvalue weighted by molar-refractivity contribution is 5.40. The predicted molar refractivity (Wildman–Crippen MR) is 63.5 cm³/mol. The van der Waals surface area contributed by atoms with Crippen molar-refractivity contribution in [1.29, 1.82) is 0 Å². The number of aliphatic hydroxyl groups is 1. The van der Waals surface area contributed by atoms with Gasteiger partial charge in [0.2, 0.25) is 0 Å². The van der Waals surface area contributed by atoms with Gasteiger partial charge in [-0.2, -0.15) is 0 Å². The summed E-state index contributed by atoms with van der Waals surface area (Å²) < 4.78 is 44.9. The first-order valence-corrected chi connectivity index (χ1v) is 5.58. The first-order chi connectivity index (χ1) is 8.97. The van der Waals surface area contributed by atoms with Crippen molar-refractivity contribution < 1.29 is 23.0 Å². The summed E-state index contributed by atoms with van der Waals surface area (Å²) in [6.07, 6.45) is -0.968. The monoisotopic (exact) mass is 268 g/mol. The van der Waals surface area contributed by atoms with E-state index in [0.29, 0.717) is 6.07 Å². The van der Waals surface area contributed by atoms with Crippen molar-refractivity contribution >= 4 is 0 Å². The molecule has 2 aromatic carbocycles. The van der Waals surface area contributed by atoms with Crippen LogP contribution in [0.15, 0.2) is 36.4 Å². The highest BCUT2D eigenvalue weighted by atomic mass is 19.1.